The quantitative estimate of drug-likeness (QED) is 0.167. The zero-order valence-electron chi connectivity index (χ0n) is 24.8. The molecule has 1 aromatic heterocycles. The molecule has 0 saturated heterocycles. The smallest absolute Gasteiger partial charge is 0.420 e. The molecule has 0 bridgehead atoms. The zero-order valence-corrected chi connectivity index (χ0v) is 24.8. The van der Waals surface area contributed by atoms with Crippen molar-refractivity contribution in [3.8, 4) is 5.75 Å². The van der Waals surface area contributed by atoms with Gasteiger partial charge in [0.15, 0.2) is 0 Å². The zero-order chi connectivity index (χ0) is 32.1. The molecular formula is C33H32F3N7O3. The second-order valence-corrected chi connectivity index (χ2v) is 11.4. The molecule has 46 heavy (non-hydrogen) atoms. The predicted octanol–water partition coefficient (Wildman–Crippen LogP) is 7.46. The molecule has 0 spiro atoms. The lowest BCUT2D eigenvalue weighted by atomic mass is 9.93. The average molecular weight is 632 g/mol. The molecule has 4 aromatic rings. The minimum atomic E-state index is -4.67. The molecule has 2 aliphatic rings. The largest absolute Gasteiger partial charge is 0.493 e. The number of anilines is 3. The number of nitrogens with zero attached hydrogens (tertiary/aromatic N) is 4. The van der Waals surface area contributed by atoms with Crippen molar-refractivity contribution in [2.45, 2.75) is 51.2 Å². The third-order valence-electron chi connectivity index (χ3n) is 7.92. The lowest BCUT2D eigenvalue weighted by molar-refractivity contribution is -0.138. The van der Waals surface area contributed by atoms with Gasteiger partial charge in [-0.2, -0.15) is 18.4 Å². The molecule has 1 fully saturated rings. The van der Waals surface area contributed by atoms with Crippen molar-refractivity contribution in [2.75, 3.05) is 22.1 Å². The molecule has 6 rings (SSSR count). The first kappa shape index (κ1) is 30.8. The summed E-state index contributed by atoms with van der Waals surface area (Å²) in [7, 11) is 0. The number of aromatic nitrogens is 4. The summed E-state index contributed by atoms with van der Waals surface area (Å²) in [5, 5.41) is 18.2. The molecule has 0 atom stereocenters. The number of rotatable bonds is 10. The number of carbonyl (C=O) groups excluding carboxylic acids is 2. The fourth-order valence-electron chi connectivity index (χ4n) is 5.21. The Hall–Kier alpha value is -5.20. The van der Waals surface area contributed by atoms with Crippen LogP contribution in [0.15, 0.2) is 72.8 Å². The molecule has 3 amide bonds. The first-order chi connectivity index (χ1) is 22.2. The summed E-state index contributed by atoms with van der Waals surface area (Å²) in [6.07, 6.45) is 3.75. The first-order valence-corrected chi connectivity index (χ1v) is 15.1. The Bertz CT molecular complexity index is 1700. The topological polar surface area (TPSA) is 125 Å². The Morgan fingerprint density at radius 1 is 0.978 bits per heavy atom. The Labute approximate surface area is 263 Å². The van der Waals surface area contributed by atoms with E-state index in [2.05, 4.69) is 37.3 Å². The van der Waals surface area contributed by atoms with Crippen LogP contribution in [0.1, 0.15) is 65.6 Å². The minimum Gasteiger partial charge on any atom is -0.493 e. The molecule has 3 N–H and O–H groups in total. The number of H-pyrrole nitrogens is 1. The Morgan fingerprint density at radius 3 is 2.41 bits per heavy atom. The summed E-state index contributed by atoms with van der Waals surface area (Å²) in [6, 6.07) is 17.1. The molecule has 1 saturated carbocycles. The normalized spacial score (nSPS) is 14.7. The molecule has 0 radical (unpaired) electrons. The summed E-state index contributed by atoms with van der Waals surface area (Å²) < 4.78 is 47.3. The van der Waals surface area contributed by atoms with Gasteiger partial charge in [-0.1, -0.05) is 35.4 Å². The van der Waals surface area contributed by atoms with Gasteiger partial charge in [0.25, 0.3) is 11.9 Å². The molecule has 1 heterocycles. The summed E-state index contributed by atoms with van der Waals surface area (Å²) in [5.41, 5.74) is 2.93. The lowest BCUT2D eigenvalue weighted by Gasteiger charge is -2.25. The van der Waals surface area contributed by atoms with E-state index in [1.165, 1.54) is 22.6 Å². The highest BCUT2D eigenvalue weighted by atomic mass is 19.4. The summed E-state index contributed by atoms with van der Waals surface area (Å²) in [4.78, 5) is 27.7. The van der Waals surface area contributed by atoms with E-state index in [9.17, 15) is 22.8 Å². The monoisotopic (exact) mass is 631 g/mol. The summed E-state index contributed by atoms with van der Waals surface area (Å²) in [6.45, 7) is 0.308. The number of alkyl halides is 3. The van der Waals surface area contributed by atoms with Crippen molar-refractivity contribution in [1.29, 1.82) is 0 Å². The van der Waals surface area contributed by atoms with Crippen LogP contribution in [0.25, 0.3) is 5.57 Å². The van der Waals surface area contributed by atoms with Crippen LogP contribution in [0.2, 0.25) is 0 Å². The van der Waals surface area contributed by atoms with E-state index in [4.69, 9.17) is 4.74 Å². The second kappa shape index (κ2) is 13.4. The average Bonchev–Trinajstić information content (AvgIpc) is 3.76. The maximum Gasteiger partial charge on any atom is 0.420 e. The number of benzene rings is 3. The number of amides is 3. The number of carbonyl (C=O) groups is 2. The van der Waals surface area contributed by atoms with Crippen molar-refractivity contribution in [3.05, 3.63) is 95.1 Å². The molecule has 10 nitrogen and oxygen atoms in total. The first-order valence-electron chi connectivity index (χ1n) is 15.1. The van der Waals surface area contributed by atoms with Crippen molar-refractivity contribution in [3.63, 3.8) is 0 Å². The van der Waals surface area contributed by atoms with Crippen molar-refractivity contribution >= 4 is 34.8 Å². The van der Waals surface area contributed by atoms with Crippen LogP contribution in [-0.4, -0.2) is 39.2 Å². The molecule has 13 heteroatoms. The van der Waals surface area contributed by atoms with E-state index in [0.717, 1.165) is 50.2 Å². The van der Waals surface area contributed by atoms with Crippen molar-refractivity contribution in [2.24, 2.45) is 5.92 Å². The highest BCUT2D eigenvalue weighted by molar-refractivity contribution is 6.03. The molecular weight excluding hydrogens is 599 g/mol. The standard InChI is InChI=1S/C33H32F3N7O3/c34-33(35,36)28-18-26(14-17-29(28)46-20-22-6-7-22)37-32(45)43(27-15-12-24(13-16-27)23-4-2-1-3-5-23)19-21-8-10-25(11-9-21)30(44)38-31-39-41-42-40-31/h4,8-18,22H,1-3,5-7,19-20H2,(H,37,45)(H2,38,39,40,41,42,44). The van der Waals surface area contributed by atoms with Gasteiger partial charge >= 0.3 is 12.2 Å². The highest BCUT2D eigenvalue weighted by Crippen LogP contribution is 2.39. The number of urea groups is 1. The van der Waals surface area contributed by atoms with Gasteiger partial charge in [-0.25, -0.2) is 4.79 Å². The predicted molar refractivity (Wildman–Crippen MR) is 166 cm³/mol. The van der Waals surface area contributed by atoms with Crippen LogP contribution in [-0.2, 0) is 12.7 Å². The number of hydrogen-bond acceptors (Lipinski definition) is 6. The fourth-order valence-corrected chi connectivity index (χ4v) is 5.21. The van der Waals surface area contributed by atoms with Crippen LogP contribution in [0.5, 0.6) is 5.75 Å². The van der Waals surface area contributed by atoms with Gasteiger partial charge in [-0.15, -0.1) is 5.10 Å². The highest BCUT2D eigenvalue weighted by Gasteiger charge is 2.35. The second-order valence-electron chi connectivity index (χ2n) is 11.4. The maximum atomic E-state index is 14.0. The SMILES string of the molecule is O=C(Nc1nn[nH]n1)c1ccc(CN(C(=O)Nc2ccc(OCC3CC3)c(C(F)(F)F)c2)c2ccc(C3=CCCCC3)cc2)cc1. The van der Waals surface area contributed by atoms with E-state index < -0.39 is 23.7 Å². The molecule has 0 aliphatic heterocycles. The van der Waals surface area contributed by atoms with Gasteiger partial charge in [-0.3, -0.25) is 15.0 Å². The fraction of sp³-hybridized carbons (Fsp3) is 0.303. The van der Waals surface area contributed by atoms with Crippen LogP contribution in [0, 0.1) is 5.92 Å². The van der Waals surface area contributed by atoms with Crippen molar-refractivity contribution in [1.82, 2.24) is 20.6 Å². The number of ether oxygens (including phenoxy) is 1. The molecule has 3 aromatic carbocycles. The van der Waals surface area contributed by atoms with E-state index >= 15 is 0 Å². The summed E-state index contributed by atoms with van der Waals surface area (Å²) in [5.74, 6) is -0.394. The number of hydrogen-bond donors (Lipinski definition) is 3. The molecule has 2 aliphatic carbocycles. The van der Waals surface area contributed by atoms with Gasteiger partial charge in [0.1, 0.15) is 5.75 Å². The lowest BCUT2D eigenvalue weighted by Crippen LogP contribution is -2.34. The Balaban J connectivity index is 1.23. The van der Waals surface area contributed by atoms with E-state index in [0.29, 0.717) is 16.8 Å². The van der Waals surface area contributed by atoms with Crippen molar-refractivity contribution < 1.29 is 27.5 Å². The third kappa shape index (κ3) is 7.71. The van der Waals surface area contributed by atoms with Crippen LogP contribution < -0.4 is 20.3 Å². The van der Waals surface area contributed by atoms with Gasteiger partial charge < -0.3 is 10.1 Å². The van der Waals surface area contributed by atoms with E-state index in [1.54, 1.807) is 24.3 Å². The van der Waals surface area contributed by atoms with Crippen LogP contribution >= 0.6 is 0 Å². The third-order valence-corrected chi connectivity index (χ3v) is 7.92. The molecule has 238 valence electrons. The molecule has 0 unspecified atom stereocenters. The van der Waals surface area contributed by atoms with Crippen LogP contribution in [0.3, 0.4) is 0 Å². The number of aromatic amines is 1. The number of nitrogens with one attached hydrogen (secondary N) is 3. The summed E-state index contributed by atoms with van der Waals surface area (Å²) >= 11 is 0. The Kier molecular flexibility index (Phi) is 8.99. The van der Waals surface area contributed by atoms with E-state index in [1.807, 2.05) is 24.3 Å². The maximum absolute atomic E-state index is 14.0. The Morgan fingerprint density at radius 2 is 1.76 bits per heavy atom. The van der Waals surface area contributed by atoms with Gasteiger partial charge in [-0.05, 0) is 109 Å². The number of halogens is 3. The van der Waals surface area contributed by atoms with Crippen LogP contribution in [0.4, 0.5) is 35.3 Å². The number of tetrazole rings is 1. The van der Waals surface area contributed by atoms with Gasteiger partial charge in [0.05, 0.1) is 18.7 Å². The number of allylic oxidation sites excluding steroid dienone is 2. The van der Waals surface area contributed by atoms with Gasteiger partial charge in [0, 0.05) is 16.9 Å². The minimum absolute atomic E-state index is 0.0152. The van der Waals surface area contributed by atoms with Gasteiger partial charge in [0.2, 0.25) is 0 Å². The van der Waals surface area contributed by atoms with E-state index in [-0.39, 0.29) is 36.5 Å².